The van der Waals surface area contributed by atoms with Crippen molar-refractivity contribution in [2.24, 2.45) is 0 Å². The summed E-state index contributed by atoms with van der Waals surface area (Å²) < 4.78 is 0. The molecule has 0 atom stereocenters. The number of carbonyl (C=O) groups excluding carboxylic acids is 2. The Hall–Kier alpha value is -0.920. The topological polar surface area (TPSA) is 34.1 Å². The van der Waals surface area contributed by atoms with Crippen molar-refractivity contribution in [2.75, 3.05) is 0 Å². The van der Waals surface area contributed by atoms with Crippen LogP contribution >= 0.6 is 0 Å². The van der Waals surface area contributed by atoms with Crippen molar-refractivity contribution in [3.63, 3.8) is 0 Å². The van der Waals surface area contributed by atoms with Crippen LogP contribution in [0.15, 0.2) is 12.2 Å². The van der Waals surface area contributed by atoms with E-state index < -0.39 is 0 Å². The highest BCUT2D eigenvalue weighted by molar-refractivity contribution is 5.76. The molecule has 68 valence electrons. The van der Waals surface area contributed by atoms with E-state index in [4.69, 9.17) is 0 Å². The van der Waals surface area contributed by atoms with Crippen LogP contribution in [0, 0.1) is 0 Å². The Kier molecular flexibility index (Phi) is 6.25. The minimum atomic E-state index is 0.214. The van der Waals surface area contributed by atoms with E-state index in [0.717, 1.165) is 12.8 Å². The second-order valence-corrected chi connectivity index (χ2v) is 2.95. The molecule has 0 N–H and O–H groups in total. The number of allylic oxidation sites excluding steroid dienone is 2. The van der Waals surface area contributed by atoms with Gasteiger partial charge in [0.25, 0.3) is 0 Å². The zero-order valence-corrected chi connectivity index (χ0v) is 7.80. The first-order chi connectivity index (χ1) is 5.63. The second-order valence-electron chi connectivity index (χ2n) is 2.95. The first-order valence-corrected chi connectivity index (χ1v) is 4.27. The lowest BCUT2D eigenvalue weighted by Crippen LogP contribution is -1.88. The van der Waals surface area contributed by atoms with Gasteiger partial charge in [-0.1, -0.05) is 12.2 Å². The first kappa shape index (κ1) is 11.1. The van der Waals surface area contributed by atoms with Crippen molar-refractivity contribution in [1.29, 1.82) is 0 Å². The molecule has 0 rings (SSSR count). The molecule has 0 aromatic rings. The fraction of sp³-hybridized carbons (Fsp3) is 0.600. The molecule has 0 radical (unpaired) electrons. The SMILES string of the molecule is CC(=O)CCC=CCCC(C)=O. The van der Waals surface area contributed by atoms with Crippen LogP contribution in [0.5, 0.6) is 0 Å². The van der Waals surface area contributed by atoms with Gasteiger partial charge in [0.15, 0.2) is 0 Å². The molecule has 0 aliphatic carbocycles. The summed E-state index contributed by atoms with van der Waals surface area (Å²) in [6, 6.07) is 0. The van der Waals surface area contributed by atoms with Crippen molar-refractivity contribution in [3.05, 3.63) is 12.2 Å². The van der Waals surface area contributed by atoms with Gasteiger partial charge in [0.05, 0.1) is 0 Å². The molecule has 0 aliphatic rings. The summed E-state index contributed by atoms with van der Waals surface area (Å²) in [7, 11) is 0. The average Bonchev–Trinajstić information content (AvgIpc) is 1.95. The zero-order valence-electron chi connectivity index (χ0n) is 7.80. The molecule has 0 aromatic heterocycles. The Morgan fingerprint density at radius 2 is 1.25 bits per heavy atom. The van der Waals surface area contributed by atoms with Gasteiger partial charge in [-0.05, 0) is 26.7 Å². The predicted octanol–water partition coefficient (Wildman–Crippen LogP) is 2.28. The van der Waals surface area contributed by atoms with Gasteiger partial charge in [-0.3, -0.25) is 0 Å². The molecule has 0 unspecified atom stereocenters. The number of ketones is 2. The molecule has 0 fully saturated rings. The number of hydrogen-bond donors (Lipinski definition) is 0. The standard InChI is InChI=1S/C10H16O2/c1-9(11)7-5-3-4-6-8-10(2)12/h3-4H,5-8H2,1-2H3. The van der Waals surface area contributed by atoms with Gasteiger partial charge in [-0.2, -0.15) is 0 Å². The van der Waals surface area contributed by atoms with Crippen LogP contribution < -0.4 is 0 Å². The molecule has 2 heteroatoms. The van der Waals surface area contributed by atoms with E-state index in [0.29, 0.717) is 12.8 Å². The van der Waals surface area contributed by atoms with Crippen LogP contribution in [-0.4, -0.2) is 11.6 Å². The largest absolute Gasteiger partial charge is 0.300 e. The van der Waals surface area contributed by atoms with E-state index in [1.165, 1.54) is 0 Å². The fourth-order valence-electron chi connectivity index (χ4n) is 0.809. The van der Waals surface area contributed by atoms with Crippen molar-refractivity contribution >= 4 is 11.6 Å². The predicted molar refractivity (Wildman–Crippen MR) is 49.0 cm³/mol. The molecule has 2 nitrogen and oxygen atoms in total. The quantitative estimate of drug-likeness (QED) is 0.570. The Morgan fingerprint density at radius 3 is 1.50 bits per heavy atom. The number of Topliss-reactive ketones (excluding diaryl/α,β-unsaturated/α-hetero) is 2. The molecular formula is C10H16O2. The third-order valence-electron chi connectivity index (χ3n) is 1.49. The lowest BCUT2D eigenvalue weighted by atomic mass is 10.2. The Balaban J connectivity index is 3.26. The van der Waals surface area contributed by atoms with Crippen molar-refractivity contribution in [1.82, 2.24) is 0 Å². The maximum atomic E-state index is 10.5. The van der Waals surface area contributed by atoms with Crippen molar-refractivity contribution < 1.29 is 9.59 Å². The van der Waals surface area contributed by atoms with E-state index in [2.05, 4.69) is 0 Å². The number of rotatable bonds is 6. The van der Waals surface area contributed by atoms with Gasteiger partial charge < -0.3 is 9.59 Å². The molecule has 0 amide bonds. The van der Waals surface area contributed by atoms with Crippen LogP contribution in [0.25, 0.3) is 0 Å². The Bertz CT molecular complexity index is 160. The van der Waals surface area contributed by atoms with E-state index >= 15 is 0 Å². The lowest BCUT2D eigenvalue weighted by Gasteiger charge is -1.89. The highest BCUT2D eigenvalue weighted by Crippen LogP contribution is 1.96. The van der Waals surface area contributed by atoms with Crippen LogP contribution in [0.3, 0.4) is 0 Å². The molecular weight excluding hydrogens is 152 g/mol. The molecule has 0 aromatic carbocycles. The van der Waals surface area contributed by atoms with Crippen LogP contribution in [0.4, 0.5) is 0 Å². The molecule has 0 spiro atoms. The average molecular weight is 168 g/mol. The summed E-state index contributed by atoms with van der Waals surface area (Å²) in [5.41, 5.74) is 0. The van der Waals surface area contributed by atoms with Crippen molar-refractivity contribution in [2.45, 2.75) is 39.5 Å². The summed E-state index contributed by atoms with van der Waals surface area (Å²) in [4.78, 5) is 21.0. The normalized spacial score (nSPS) is 10.5. The number of hydrogen-bond acceptors (Lipinski definition) is 2. The summed E-state index contributed by atoms with van der Waals surface area (Å²) >= 11 is 0. The van der Waals surface area contributed by atoms with E-state index in [1.807, 2.05) is 12.2 Å². The Morgan fingerprint density at radius 1 is 0.917 bits per heavy atom. The van der Waals surface area contributed by atoms with E-state index in [1.54, 1.807) is 13.8 Å². The van der Waals surface area contributed by atoms with E-state index in [9.17, 15) is 9.59 Å². The van der Waals surface area contributed by atoms with Gasteiger partial charge >= 0.3 is 0 Å². The monoisotopic (exact) mass is 168 g/mol. The maximum Gasteiger partial charge on any atom is 0.130 e. The summed E-state index contributed by atoms with van der Waals surface area (Å²) in [6.07, 6.45) is 6.74. The zero-order chi connectivity index (χ0) is 9.40. The second kappa shape index (κ2) is 6.77. The van der Waals surface area contributed by atoms with Crippen LogP contribution in [-0.2, 0) is 9.59 Å². The molecule has 0 bridgehead atoms. The van der Waals surface area contributed by atoms with Gasteiger partial charge in [0, 0.05) is 12.8 Å². The van der Waals surface area contributed by atoms with Crippen LogP contribution in [0.1, 0.15) is 39.5 Å². The molecule has 0 saturated carbocycles. The van der Waals surface area contributed by atoms with Gasteiger partial charge in [-0.15, -0.1) is 0 Å². The summed E-state index contributed by atoms with van der Waals surface area (Å²) in [5.74, 6) is 0.428. The smallest absolute Gasteiger partial charge is 0.130 e. The summed E-state index contributed by atoms with van der Waals surface area (Å²) in [6.45, 7) is 3.17. The fourth-order valence-corrected chi connectivity index (χ4v) is 0.809. The van der Waals surface area contributed by atoms with Gasteiger partial charge in [0.2, 0.25) is 0 Å². The maximum absolute atomic E-state index is 10.5. The molecule has 0 aliphatic heterocycles. The molecule has 12 heavy (non-hydrogen) atoms. The molecule has 0 heterocycles. The minimum absolute atomic E-state index is 0.214. The van der Waals surface area contributed by atoms with Crippen LogP contribution in [0.2, 0.25) is 0 Å². The van der Waals surface area contributed by atoms with Gasteiger partial charge in [0.1, 0.15) is 11.6 Å². The third-order valence-corrected chi connectivity index (χ3v) is 1.49. The highest BCUT2D eigenvalue weighted by atomic mass is 16.1. The Labute approximate surface area is 73.7 Å². The van der Waals surface area contributed by atoms with E-state index in [-0.39, 0.29) is 11.6 Å². The lowest BCUT2D eigenvalue weighted by molar-refractivity contribution is -0.117. The highest BCUT2D eigenvalue weighted by Gasteiger charge is 1.90. The van der Waals surface area contributed by atoms with Gasteiger partial charge in [-0.25, -0.2) is 0 Å². The first-order valence-electron chi connectivity index (χ1n) is 4.27. The third kappa shape index (κ3) is 9.08. The minimum Gasteiger partial charge on any atom is -0.300 e. The number of carbonyl (C=O) groups is 2. The summed E-state index contributed by atoms with van der Waals surface area (Å²) in [5, 5.41) is 0. The molecule has 0 saturated heterocycles. The van der Waals surface area contributed by atoms with Crippen molar-refractivity contribution in [3.8, 4) is 0 Å².